The van der Waals surface area contributed by atoms with Crippen molar-refractivity contribution in [1.29, 1.82) is 0 Å². The largest absolute Gasteiger partial charge is 4.00 e. The Morgan fingerprint density at radius 1 is 0.548 bits per heavy atom. The molecule has 4 aromatic rings. The van der Waals surface area contributed by atoms with Crippen LogP contribution in [-0.4, -0.2) is 0 Å². The minimum atomic E-state index is 0. The average Bonchev–Trinajstić information content (AvgIpc) is 3.30. The van der Waals surface area contributed by atoms with Crippen LogP contribution in [0.3, 0.4) is 0 Å². The summed E-state index contributed by atoms with van der Waals surface area (Å²) in [6, 6.07) is 25.9. The molecule has 0 heterocycles. The molecule has 0 radical (unpaired) electrons. The van der Waals surface area contributed by atoms with Gasteiger partial charge in [-0.3, -0.25) is 0 Å². The van der Waals surface area contributed by atoms with E-state index in [9.17, 15) is 0 Å². The van der Waals surface area contributed by atoms with E-state index in [2.05, 4.69) is 98.8 Å². The van der Waals surface area contributed by atoms with Crippen molar-refractivity contribution in [3.8, 4) is 0 Å². The standard InChI is InChI=1S/2C14H11.2ClH.Zr/c2*1-10-8-12-7-6-11-4-2-3-5-13(11)14(12)9-10;;;/h2*2-7H,9H2,1H3;2*1H;/q2*-1;;;+4/p-2. The third-order valence-corrected chi connectivity index (χ3v) is 5.66. The van der Waals surface area contributed by atoms with E-state index in [0.29, 0.717) is 0 Å². The second kappa shape index (κ2) is 10.8. The van der Waals surface area contributed by atoms with Gasteiger partial charge >= 0.3 is 26.2 Å². The predicted octanol–water partition coefficient (Wildman–Crippen LogP) is 0.992. The topological polar surface area (TPSA) is 0 Å². The van der Waals surface area contributed by atoms with Crippen LogP contribution >= 0.6 is 0 Å². The van der Waals surface area contributed by atoms with Gasteiger partial charge in [0, 0.05) is 0 Å². The van der Waals surface area contributed by atoms with Crippen molar-refractivity contribution in [3.63, 3.8) is 0 Å². The van der Waals surface area contributed by atoms with Gasteiger partial charge in [-0.15, -0.1) is 34.4 Å². The molecule has 0 amide bonds. The smallest absolute Gasteiger partial charge is 1.00 e. The van der Waals surface area contributed by atoms with Crippen molar-refractivity contribution in [2.45, 2.75) is 26.7 Å². The van der Waals surface area contributed by atoms with Crippen LogP contribution in [0.1, 0.15) is 36.1 Å². The molecule has 0 nitrogen and oxygen atoms in total. The summed E-state index contributed by atoms with van der Waals surface area (Å²) in [5, 5.41) is 5.44. The van der Waals surface area contributed by atoms with Crippen LogP contribution in [0.4, 0.5) is 0 Å². The fourth-order valence-corrected chi connectivity index (χ4v) is 4.37. The summed E-state index contributed by atoms with van der Waals surface area (Å²) in [4.78, 5) is 0. The van der Waals surface area contributed by atoms with Crippen LogP contribution in [0.2, 0.25) is 0 Å². The number of rotatable bonds is 0. The van der Waals surface area contributed by atoms with E-state index < -0.39 is 0 Å². The normalized spacial score (nSPS) is 12.8. The minimum Gasteiger partial charge on any atom is -1.00 e. The van der Waals surface area contributed by atoms with Crippen LogP contribution in [0, 0.1) is 12.2 Å². The van der Waals surface area contributed by atoms with Gasteiger partial charge in [-0.05, 0) is 10.8 Å². The zero-order valence-corrected chi connectivity index (χ0v) is 21.6. The maximum absolute atomic E-state index is 3.41. The van der Waals surface area contributed by atoms with Gasteiger partial charge in [-0.1, -0.05) is 86.0 Å². The molecule has 152 valence electrons. The molecule has 2 aliphatic carbocycles. The van der Waals surface area contributed by atoms with E-state index in [1.54, 1.807) is 0 Å². The molecule has 0 aliphatic heterocycles. The molecular weight excluding hydrogens is 498 g/mol. The molecule has 0 atom stereocenters. The Hall–Kier alpha value is -1.66. The first-order valence-electron chi connectivity index (χ1n) is 9.89. The van der Waals surface area contributed by atoms with Crippen molar-refractivity contribution < 1.29 is 51.0 Å². The Kier molecular flexibility index (Phi) is 8.90. The Bertz CT molecular complexity index is 1180. The molecule has 0 saturated carbocycles. The number of hydrogen-bond acceptors (Lipinski definition) is 0. The van der Waals surface area contributed by atoms with Gasteiger partial charge in [0.25, 0.3) is 0 Å². The van der Waals surface area contributed by atoms with Crippen LogP contribution in [-0.2, 0) is 39.0 Å². The molecule has 0 bridgehead atoms. The van der Waals surface area contributed by atoms with Gasteiger partial charge in [0.05, 0.1) is 0 Å². The minimum absolute atomic E-state index is 0. The first-order valence-corrected chi connectivity index (χ1v) is 9.89. The number of hydrogen-bond donors (Lipinski definition) is 0. The van der Waals surface area contributed by atoms with Crippen LogP contribution < -0.4 is 24.8 Å². The Morgan fingerprint density at radius 3 is 1.35 bits per heavy atom. The van der Waals surface area contributed by atoms with E-state index >= 15 is 0 Å². The summed E-state index contributed by atoms with van der Waals surface area (Å²) < 4.78 is 0. The predicted molar refractivity (Wildman–Crippen MR) is 118 cm³/mol. The first-order chi connectivity index (χ1) is 13.7. The van der Waals surface area contributed by atoms with Crippen molar-refractivity contribution >= 4 is 21.5 Å². The van der Waals surface area contributed by atoms with Crippen LogP contribution in [0.5, 0.6) is 0 Å². The average molecular weight is 521 g/mol. The van der Waals surface area contributed by atoms with E-state index in [1.807, 2.05) is 0 Å². The van der Waals surface area contributed by atoms with Crippen LogP contribution in [0.15, 0.2) is 83.9 Å². The maximum atomic E-state index is 3.41. The molecule has 6 rings (SSSR count). The zero-order chi connectivity index (χ0) is 19.1. The number of allylic oxidation sites excluding steroid dienone is 2. The number of benzene rings is 4. The van der Waals surface area contributed by atoms with Gasteiger partial charge in [0.15, 0.2) is 0 Å². The molecule has 0 spiro atoms. The van der Waals surface area contributed by atoms with E-state index in [4.69, 9.17) is 0 Å². The molecular formula is C28H22Cl2Zr. The van der Waals surface area contributed by atoms with Crippen molar-refractivity contribution in [3.05, 3.63) is 118 Å². The molecule has 0 N–H and O–H groups in total. The second-order valence-electron chi connectivity index (χ2n) is 7.79. The molecule has 2 aliphatic rings. The fourth-order valence-electron chi connectivity index (χ4n) is 4.37. The molecule has 0 saturated heterocycles. The van der Waals surface area contributed by atoms with Gasteiger partial charge < -0.3 is 24.8 Å². The number of fused-ring (bicyclic) bond motifs is 6. The summed E-state index contributed by atoms with van der Waals surface area (Å²) >= 11 is 0. The SMILES string of the molecule is CC1=[C-]c2ccc3ccccc3c2C1.CC1=[C-]c2ccc3ccccc3c2C1.[Cl-].[Cl-].[Zr+4]. The van der Waals surface area contributed by atoms with Gasteiger partial charge in [-0.25, -0.2) is 0 Å². The van der Waals surface area contributed by atoms with E-state index in [1.165, 1.54) is 54.9 Å². The monoisotopic (exact) mass is 518 g/mol. The Morgan fingerprint density at radius 2 is 0.935 bits per heavy atom. The number of halogens is 2. The molecule has 0 unspecified atom stereocenters. The van der Waals surface area contributed by atoms with E-state index in [0.717, 1.165) is 12.8 Å². The van der Waals surface area contributed by atoms with E-state index in [-0.39, 0.29) is 51.0 Å². The molecule has 4 aromatic carbocycles. The van der Waals surface area contributed by atoms with Gasteiger partial charge in [-0.2, -0.15) is 35.4 Å². The quantitative estimate of drug-likeness (QED) is 0.304. The third kappa shape index (κ3) is 5.06. The molecule has 31 heavy (non-hydrogen) atoms. The van der Waals surface area contributed by atoms with Crippen molar-refractivity contribution in [2.24, 2.45) is 0 Å². The molecule has 0 aromatic heterocycles. The van der Waals surface area contributed by atoms with Gasteiger partial charge in [0.2, 0.25) is 0 Å². The first kappa shape index (κ1) is 25.6. The Labute approximate surface area is 216 Å². The third-order valence-electron chi connectivity index (χ3n) is 5.66. The van der Waals surface area contributed by atoms with Crippen molar-refractivity contribution in [2.75, 3.05) is 0 Å². The molecule has 3 heteroatoms. The summed E-state index contributed by atoms with van der Waals surface area (Å²) in [7, 11) is 0. The Balaban J connectivity index is 0.000000201. The summed E-state index contributed by atoms with van der Waals surface area (Å²) in [6.45, 7) is 4.30. The fraction of sp³-hybridized carbons (Fsp3) is 0.143. The maximum Gasteiger partial charge on any atom is 4.00 e. The van der Waals surface area contributed by atoms with Gasteiger partial charge in [0.1, 0.15) is 0 Å². The van der Waals surface area contributed by atoms with Crippen molar-refractivity contribution in [1.82, 2.24) is 0 Å². The summed E-state index contributed by atoms with van der Waals surface area (Å²) in [6.07, 6.45) is 8.94. The molecule has 0 fully saturated rings. The summed E-state index contributed by atoms with van der Waals surface area (Å²) in [5.74, 6) is 0. The zero-order valence-electron chi connectivity index (χ0n) is 17.6. The van der Waals surface area contributed by atoms with Crippen LogP contribution in [0.25, 0.3) is 21.5 Å². The summed E-state index contributed by atoms with van der Waals surface area (Å²) in [5.41, 5.74) is 8.14. The second-order valence-corrected chi connectivity index (χ2v) is 7.79.